The minimum absolute atomic E-state index is 0.0546. The lowest BCUT2D eigenvalue weighted by Gasteiger charge is -2.29. The largest absolute Gasteiger partial charge is 0.360 e. The molecule has 8 nitrogen and oxygen atoms in total. The van der Waals surface area contributed by atoms with Crippen LogP contribution in [0.25, 0.3) is 0 Å². The van der Waals surface area contributed by atoms with Crippen LogP contribution in [0.2, 0.25) is 0 Å². The number of likely N-dealkylation sites (tertiary alicyclic amines) is 2. The molecule has 5 heterocycles. The van der Waals surface area contributed by atoms with Crippen LogP contribution < -0.4 is 0 Å². The molecule has 2 amide bonds. The van der Waals surface area contributed by atoms with E-state index in [0.29, 0.717) is 19.6 Å². The number of fused-ring (bicyclic) bond motifs is 1. The van der Waals surface area contributed by atoms with Gasteiger partial charge in [-0.25, -0.2) is 9.97 Å². The number of hydrogen-bond acceptors (Lipinski definition) is 6. The van der Waals surface area contributed by atoms with Crippen LogP contribution in [0.4, 0.5) is 0 Å². The smallest absolute Gasteiger partial charge is 0.230 e. The maximum Gasteiger partial charge on any atom is 0.230 e. The van der Waals surface area contributed by atoms with Crippen molar-refractivity contribution in [1.82, 2.24) is 24.7 Å². The summed E-state index contributed by atoms with van der Waals surface area (Å²) in [6.45, 7) is 4.77. The van der Waals surface area contributed by atoms with Crippen molar-refractivity contribution in [2.75, 3.05) is 39.8 Å². The van der Waals surface area contributed by atoms with Crippen LogP contribution in [-0.4, -0.2) is 88.0 Å². The molecule has 4 aliphatic rings. The molecule has 2 bridgehead atoms. The third-order valence-corrected chi connectivity index (χ3v) is 7.02. The van der Waals surface area contributed by atoms with Crippen molar-refractivity contribution in [3.8, 4) is 0 Å². The van der Waals surface area contributed by atoms with Crippen molar-refractivity contribution in [3.63, 3.8) is 0 Å². The molecule has 0 unspecified atom stereocenters. The van der Waals surface area contributed by atoms with Crippen molar-refractivity contribution in [2.24, 2.45) is 11.8 Å². The number of rotatable bonds is 6. The van der Waals surface area contributed by atoms with Gasteiger partial charge in [-0.05, 0) is 32.0 Å². The maximum absolute atomic E-state index is 13.3. The fourth-order valence-electron chi connectivity index (χ4n) is 5.48. The van der Waals surface area contributed by atoms with E-state index in [-0.39, 0.29) is 17.9 Å². The number of hydrogen-bond donors (Lipinski definition) is 0. The quantitative estimate of drug-likeness (QED) is 0.642. The van der Waals surface area contributed by atoms with Crippen molar-refractivity contribution >= 4 is 11.8 Å². The lowest BCUT2D eigenvalue weighted by molar-refractivity contribution is -0.142. The Morgan fingerprint density at radius 1 is 1.30 bits per heavy atom. The van der Waals surface area contributed by atoms with Gasteiger partial charge in [0, 0.05) is 26.3 Å². The first-order valence-electron chi connectivity index (χ1n) is 11.0. The van der Waals surface area contributed by atoms with Gasteiger partial charge in [0.05, 0.1) is 36.7 Å². The number of piperidine rings is 1. The first kappa shape index (κ1) is 19.6. The molecule has 8 heteroatoms. The van der Waals surface area contributed by atoms with Gasteiger partial charge in [-0.1, -0.05) is 18.6 Å². The maximum atomic E-state index is 13.3. The molecule has 4 aliphatic heterocycles. The Hall–Kier alpha value is -2.32. The molecule has 3 saturated heterocycles. The predicted molar refractivity (Wildman–Crippen MR) is 109 cm³/mol. The zero-order chi connectivity index (χ0) is 20.7. The average molecular weight is 412 g/mol. The Morgan fingerprint density at radius 3 is 2.90 bits per heavy atom. The lowest BCUT2D eigenvalue weighted by Crippen LogP contribution is -2.45. The number of ether oxygens (including phenoxy) is 1. The first-order valence-corrected chi connectivity index (χ1v) is 11.0. The van der Waals surface area contributed by atoms with Crippen LogP contribution >= 0.6 is 0 Å². The van der Waals surface area contributed by atoms with Crippen LogP contribution in [0, 0.1) is 11.8 Å². The van der Waals surface area contributed by atoms with Gasteiger partial charge in [-0.3, -0.25) is 9.59 Å². The summed E-state index contributed by atoms with van der Waals surface area (Å²) in [4.78, 5) is 40.8. The fourth-order valence-corrected chi connectivity index (χ4v) is 5.48. The van der Waals surface area contributed by atoms with Gasteiger partial charge in [0.1, 0.15) is 11.9 Å². The van der Waals surface area contributed by atoms with E-state index in [1.165, 1.54) is 25.6 Å². The number of carbonyl (C=O) groups excluding carboxylic acids is 2. The summed E-state index contributed by atoms with van der Waals surface area (Å²) in [5.41, 5.74) is 0.135. The molecule has 1 aromatic rings. The van der Waals surface area contributed by atoms with Gasteiger partial charge in [0.2, 0.25) is 11.8 Å². The van der Waals surface area contributed by atoms with Crippen molar-refractivity contribution in [3.05, 3.63) is 36.4 Å². The molecule has 1 aromatic heterocycles. The van der Waals surface area contributed by atoms with E-state index in [2.05, 4.69) is 14.9 Å². The highest BCUT2D eigenvalue weighted by molar-refractivity contribution is 5.93. The first-order chi connectivity index (χ1) is 14.6. The number of carbonyl (C=O) groups is 2. The van der Waals surface area contributed by atoms with Gasteiger partial charge in [0.15, 0.2) is 0 Å². The Kier molecular flexibility index (Phi) is 5.06. The molecule has 5 rings (SSSR count). The molecule has 4 atom stereocenters. The Morgan fingerprint density at radius 2 is 2.13 bits per heavy atom. The molecule has 0 saturated carbocycles. The molecule has 0 aliphatic carbocycles. The zero-order valence-electron chi connectivity index (χ0n) is 17.4. The zero-order valence-corrected chi connectivity index (χ0v) is 17.4. The van der Waals surface area contributed by atoms with Gasteiger partial charge >= 0.3 is 0 Å². The van der Waals surface area contributed by atoms with Crippen LogP contribution in [0.1, 0.15) is 25.0 Å². The summed E-state index contributed by atoms with van der Waals surface area (Å²) < 4.78 is 6.25. The van der Waals surface area contributed by atoms with E-state index in [9.17, 15) is 9.59 Å². The molecule has 160 valence electrons. The summed E-state index contributed by atoms with van der Waals surface area (Å²) in [6, 6.07) is 1.80. The molecule has 1 spiro atoms. The van der Waals surface area contributed by atoms with Gasteiger partial charge in [0.25, 0.3) is 0 Å². The number of amides is 2. The van der Waals surface area contributed by atoms with Crippen LogP contribution in [0.5, 0.6) is 0 Å². The molecule has 0 aromatic carbocycles. The topological polar surface area (TPSA) is 78.9 Å². The molecular weight excluding hydrogens is 382 g/mol. The Bertz CT molecular complexity index is 840. The summed E-state index contributed by atoms with van der Waals surface area (Å²) in [7, 11) is 1.76. The normalized spacial score (nSPS) is 32.6. The fraction of sp³-hybridized carbons (Fsp3) is 0.636. The third kappa shape index (κ3) is 3.32. The summed E-state index contributed by atoms with van der Waals surface area (Å²) >= 11 is 0. The second-order valence-corrected chi connectivity index (χ2v) is 8.96. The van der Waals surface area contributed by atoms with Gasteiger partial charge in [-0.15, -0.1) is 0 Å². The molecule has 3 fully saturated rings. The van der Waals surface area contributed by atoms with Crippen LogP contribution in [-0.2, 0) is 20.9 Å². The second kappa shape index (κ2) is 7.74. The van der Waals surface area contributed by atoms with Crippen molar-refractivity contribution in [2.45, 2.75) is 37.5 Å². The monoisotopic (exact) mass is 411 g/mol. The van der Waals surface area contributed by atoms with E-state index >= 15 is 0 Å². The van der Waals surface area contributed by atoms with E-state index < -0.39 is 17.4 Å². The summed E-state index contributed by atoms with van der Waals surface area (Å²) in [5.74, 6) is -0.878. The Balaban J connectivity index is 1.28. The van der Waals surface area contributed by atoms with Gasteiger partial charge < -0.3 is 19.4 Å². The predicted octanol–water partition coefficient (Wildman–Crippen LogP) is 0.703. The highest BCUT2D eigenvalue weighted by atomic mass is 16.5. The van der Waals surface area contributed by atoms with Gasteiger partial charge in [-0.2, -0.15) is 0 Å². The minimum atomic E-state index is -0.639. The SMILES string of the molecule is CN(Cc1ccncn1)C(=O)[C@@H]1[C@@H]2C=C[C@@]3(CN(CCN4CCCCC4)C(=O)[C@H]13)O2. The van der Waals surface area contributed by atoms with Crippen LogP contribution in [0.15, 0.2) is 30.7 Å². The Labute approximate surface area is 176 Å². The second-order valence-electron chi connectivity index (χ2n) is 8.96. The lowest BCUT2D eigenvalue weighted by atomic mass is 9.76. The number of nitrogens with zero attached hydrogens (tertiary/aromatic N) is 5. The minimum Gasteiger partial charge on any atom is -0.360 e. The van der Waals surface area contributed by atoms with Crippen molar-refractivity contribution < 1.29 is 14.3 Å². The molecular formula is C22H29N5O3. The summed E-state index contributed by atoms with van der Waals surface area (Å²) in [6.07, 6.45) is 10.6. The standard InChI is InChI=1S/C22H29N5O3/c1-25(13-16-6-8-23-15-24-16)20(28)18-17-5-7-22(30-17)14-27(21(29)19(18)22)12-11-26-9-3-2-4-10-26/h5-8,15,17-19H,2-4,9-14H2,1H3/t17-,18+,19-,22-/m0/s1. The van der Waals surface area contributed by atoms with Crippen molar-refractivity contribution in [1.29, 1.82) is 0 Å². The van der Waals surface area contributed by atoms with E-state index in [1.54, 1.807) is 24.2 Å². The molecule has 0 radical (unpaired) electrons. The highest BCUT2D eigenvalue weighted by Gasteiger charge is 2.67. The van der Waals surface area contributed by atoms with E-state index in [0.717, 1.165) is 25.3 Å². The highest BCUT2D eigenvalue weighted by Crippen LogP contribution is 2.52. The molecule has 30 heavy (non-hydrogen) atoms. The van der Waals surface area contributed by atoms with Crippen LogP contribution in [0.3, 0.4) is 0 Å². The third-order valence-electron chi connectivity index (χ3n) is 7.02. The van der Waals surface area contributed by atoms with E-state index in [1.807, 2.05) is 17.1 Å². The number of aromatic nitrogens is 2. The van der Waals surface area contributed by atoms with E-state index in [4.69, 9.17) is 4.74 Å². The average Bonchev–Trinajstić information content (AvgIpc) is 3.41. The summed E-state index contributed by atoms with van der Waals surface area (Å²) in [5, 5.41) is 0. The molecule has 0 N–H and O–H groups in total.